The van der Waals surface area contributed by atoms with E-state index in [9.17, 15) is 9.59 Å². The van der Waals surface area contributed by atoms with Crippen LogP contribution in [0.25, 0.3) is 0 Å². The predicted molar refractivity (Wildman–Crippen MR) is 128 cm³/mol. The molecule has 7 nitrogen and oxygen atoms in total. The number of rotatable bonds is 8. The number of amides is 2. The molecule has 0 bridgehead atoms. The van der Waals surface area contributed by atoms with Crippen LogP contribution in [0, 0.1) is 0 Å². The number of nitrogens with one attached hydrogen (secondary N) is 4. The molecule has 4 N–H and O–H groups in total. The van der Waals surface area contributed by atoms with Crippen LogP contribution in [0.5, 0.6) is 0 Å². The first-order valence-electron chi connectivity index (χ1n) is 9.30. The lowest BCUT2D eigenvalue weighted by molar-refractivity contribution is -0.114. The zero-order valence-electron chi connectivity index (χ0n) is 16.7. The minimum Gasteiger partial charge on any atom is -0.357 e. The van der Waals surface area contributed by atoms with Gasteiger partial charge in [-0.1, -0.05) is 30.3 Å². The molecule has 0 aromatic heterocycles. The lowest BCUT2D eigenvalue weighted by atomic mass is 10.1. The van der Waals surface area contributed by atoms with Gasteiger partial charge in [0, 0.05) is 31.4 Å². The van der Waals surface area contributed by atoms with Gasteiger partial charge >= 0.3 is 0 Å². The smallest absolute Gasteiger partial charge is 0.251 e. The summed E-state index contributed by atoms with van der Waals surface area (Å²) in [5.74, 6) is 0.295. The molecule has 2 rings (SSSR count). The number of anilines is 1. The van der Waals surface area contributed by atoms with Crippen molar-refractivity contribution in [1.82, 2.24) is 16.0 Å². The summed E-state index contributed by atoms with van der Waals surface area (Å²) in [6.45, 7) is 3.31. The summed E-state index contributed by atoms with van der Waals surface area (Å²) < 4.78 is 0. The Morgan fingerprint density at radius 1 is 1.00 bits per heavy atom. The van der Waals surface area contributed by atoms with Crippen molar-refractivity contribution < 1.29 is 9.59 Å². The second-order valence-corrected chi connectivity index (χ2v) is 6.07. The third kappa shape index (κ3) is 8.95. The molecule has 0 aliphatic heterocycles. The average molecular weight is 509 g/mol. The van der Waals surface area contributed by atoms with Crippen LogP contribution in [0.1, 0.15) is 22.8 Å². The van der Waals surface area contributed by atoms with Crippen LogP contribution in [-0.2, 0) is 11.2 Å². The van der Waals surface area contributed by atoms with Crippen molar-refractivity contribution >= 4 is 47.4 Å². The third-order valence-electron chi connectivity index (χ3n) is 3.90. The zero-order chi connectivity index (χ0) is 20.2. The maximum Gasteiger partial charge on any atom is 0.251 e. The maximum absolute atomic E-state index is 12.0. The highest BCUT2D eigenvalue weighted by Crippen LogP contribution is 2.06. The van der Waals surface area contributed by atoms with Gasteiger partial charge in [-0.05, 0) is 43.2 Å². The Bertz CT molecular complexity index is 812. The average Bonchev–Trinajstić information content (AvgIpc) is 2.72. The van der Waals surface area contributed by atoms with Crippen LogP contribution < -0.4 is 21.3 Å². The molecule has 0 radical (unpaired) electrons. The Balaban J connectivity index is 0.00000420. The predicted octanol–water partition coefficient (Wildman–Crippen LogP) is 2.40. The van der Waals surface area contributed by atoms with E-state index in [1.54, 1.807) is 13.1 Å². The molecule has 0 spiro atoms. The fourth-order valence-corrected chi connectivity index (χ4v) is 2.55. The van der Waals surface area contributed by atoms with E-state index in [1.165, 1.54) is 0 Å². The molecule has 0 unspecified atom stereocenters. The highest BCUT2D eigenvalue weighted by molar-refractivity contribution is 14.0. The summed E-state index contributed by atoms with van der Waals surface area (Å²) in [5, 5.41) is 11.8. The van der Waals surface area contributed by atoms with Crippen molar-refractivity contribution in [1.29, 1.82) is 0 Å². The fourth-order valence-electron chi connectivity index (χ4n) is 2.55. The first-order valence-corrected chi connectivity index (χ1v) is 9.30. The topological polar surface area (TPSA) is 94.6 Å². The number of carbonyl (C=O) groups excluding carboxylic acids is 2. The summed E-state index contributed by atoms with van der Waals surface area (Å²) in [7, 11) is 1.61. The maximum atomic E-state index is 12.0. The Morgan fingerprint density at radius 2 is 1.76 bits per heavy atom. The van der Waals surface area contributed by atoms with Crippen LogP contribution in [0.15, 0.2) is 59.6 Å². The molecule has 0 fully saturated rings. The number of hydrogen-bond acceptors (Lipinski definition) is 3. The minimum atomic E-state index is -0.179. The van der Waals surface area contributed by atoms with E-state index in [-0.39, 0.29) is 42.3 Å². The SMILES string of the molecule is CCNC(=NCC(=O)Nc1ccccc1)NCCc1cccc(C(=O)NC)c1.I. The lowest BCUT2D eigenvalue weighted by Crippen LogP contribution is -2.39. The Labute approximate surface area is 188 Å². The number of hydrogen-bond donors (Lipinski definition) is 4. The van der Waals surface area contributed by atoms with Crippen molar-refractivity contribution in [3.8, 4) is 0 Å². The highest BCUT2D eigenvalue weighted by atomic mass is 127. The molecule has 0 saturated heterocycles. The Morgan fingerprint density at radius 3 is 2.45 bits per heavy atom. The van der Waals surface area contributed by atoms with Crippen LogP contribution in [-0.4, -0.2) is 44.5 Å². The molecule has 2 aromatic carbocycles. The van der Waals surface area contributed by atoms with Crippen molar-refractivity contribution in [3.05, 3.63) is 65.7 Å². The molecular weight excluding hydrogens is 481 g/mol. The van der Waals surface area contributed by atoms with E-state index in [2.05, 4.69) is 26.3 Å². The largest absolute Gasteiger partial charge is 0.357 e. The van der Waals surface area contributed by atoms with Gasteiger partial charge in [-0.15, -0.1) is 24.0 Å². The monoisotopic (exact) mass is 509 g/mol. The zero-order valence-corrected chi connectivity index (χ0v) is 19.0. The molecule has 2 aromatic rings. The van der Waals surface area contributed by atoms with E-state index in [0.717, 1.165) is 17.7 Å². The van der Waals surface area contributed by atoms with Gasteiger partial charge < -0.3 is 21.3 Å². The standard InChI is InChI=1S/C21H27N5O2.HI/c1-3-23-21(25-15-19(27)26-18-10-5-4-6-11-18)24-13-12-16-8-7-9-17(14-16)20(28)22-2;/h4-11,14H,3,12-13,15H2,1-2H3,(H,22,28)(H,26,27)(H2,23,24,25);1H. The molecular formula is C21H28IN5O2. The third-order valence-corrected chi connectivity index (χ3v) is 3.90. The molecule has 156 valence electrons. The lowest BCUT2D eigenvalue weighted by Gasteiger charge is -2.12. The first kappa shape index (κ1) is 24.4. The number of aliphatic imine (C=N–C) groups is 1. The molecule has 2 amide bonds. The van der Waals surface area contributed by atoms with E-state index < -0.39 is 0 Å². The molecule has 0 heterocycles. The number of para-hydroxylation sites is 1. The number of nitrogens with zero attached hydrogens (tertiary/aromatic N) is 1. The number of benzene rings is 2. The van der Waals surface area contributed by atoms with Crippen LogP contribution in [0.2, 0.25) is 0 Å². The van der Waals surface area contributed by atoms with E-state index in [0.29, 0.717) is 24.6 Å². The summed E-state index contributed by atoms with van der Waals surface area (Å²) in [4.78, 5) is 28.1. The molecule has 0 aliphatic rings. The molecule has 0 aliphatic carbocycles. The quantitative estimate of drug-likeness (QED) is 0.250. The van der Waals surface area contributed by atoms with E-state index >= 15 is 0 Å². The summed E-state index contributed by atoms with van der Waals surface area (Å²) >= 11 is 0. The van der Waals surface area contributed by atoms with Gasteiger partial charge in [0.05, 0.1) is 0 Å². The van der Waals surface area contributed by atoms with Crippen molar-refractivity contribution in [3.63, 3.8) is 0 Å². The number of halogens is 1. The van der Waals surface area contributed by atoms with Gasteiger partial charge in [0.25, 0.3) is 5.91 Å². The van der Waals surface area contributed by atoms with Crippen LogP contribution in [0.4, 0.5) is 5.69 Å². The minimum absolute atomic E-state index is 0. The Kier molecular flexibility index (Phi) is 11.4. The second kappa shape index (κ2) is 13.5. The van der Waals surface area contributed by atoms with Gasteiger partial charge in [-0.3, -0.25) is 9.59 Å². The summed E-state index contributed by atoms with van der Waals surface area (Å²) in [6, 6.07) is 16.8. The van der Waals surface area contributed by atoms with Gasteiger partial charge in [-0.2, -0.15) is 0 Å². The second-order valence-electron chi connectivity index (χ2n) is 6.07. The number of guanidine groups is 1. The van der Waals surface area contributed by atoms with Crippen molar-refractivity contribution in [2.75, 3.05) is 32.0 Å². The fraction of sp³-hybridized carbons (Fsp3) is 0.286. The molecule has 8 heteroatoms. The summed E-state index contributed by atoms with van der Waals surface area (Å²) in [5.41, 5.74) is 2.43. The highest BCUT2D eigenvalue weighted by Gasteiger charge is 2.05. The Hall–Kier alpha value is -2.62. The first-order chi connectivity index (χ1) is 13.6. The molecule has 0 atom stereocenters. The summed E-state index contributed by atoms with van der Waals surface area (Å²) in [6.07, 6.45) is 0.728. The van der Waals surface area contributed by atoms with Crippen LogP contribution >= 0.6 is 24.0 Å². The van der Waals surface area contributed by atoms with Crippen LogP contribution in [0.3, 0.4) is 0 Å². The van der Waals surface area contributed by atoms with E-state index in [1.807, 2.05) is 55.5 Å². The van der Waals surface area contributed by atoms with Gasteiger partial charge in [0.15, 0.2) is 5.96 Å². The molecule has 0 saturated carbocycles. The normalized spacial score (nSPS) is 10.5. The number of carbonyl (C=O) groups is 2. The van der Waals surface area contributed by atoms with Gasteiger partial charge in [0.2, 0.25) is 5.91 Å². The van der Waals surface area contributed by atoms with E-state index in [4.69, 9.17) is 0 Å². The van der Waals surface area contributed by atoms with Crippen molar-refractivity contribution in [2.24, 2.45) is 4.99 Å². The van der Waals surface area contributed by atoms with Crippen molar-refractivity contribution in [2.45, 2.75) is 13.3 Å². The van der Waals surface area contributed by atoms with Gasteiger partial charge in [-0.25, -0.2) is 4.99 Å². The molecule has 29 heavy (non-hydrogen) atoms. The van der Waals surface area contributed by atoms with Gasteiger partial charge in [0.1, 0.15) is 6.54 Å².